The third-order valence-electron chi connectivity index (χ3n) is 1.10. The first-order valence-electron chi connectivity index (χ1n) is 2.46. The third-order valence-corrected chi connectivity index (χ3v) is 1.10. The Kier molecular flexibility index (Phi) is 2.50. The second kappa shape index (κ2) is 2.51. The zero-order chi connectivity index (χ0) is 5.33. The van der Waals surface area contributed by atoms with Crippen LogP contribution < -0.4 is 22.4 Å². The first kappa shape index (κ1) is 7.98. The van der Waals surface area contributed by atoms with Gasteiger partial charge in [-0.15, -0.1) is 0 Å². The minimum atomic E-state index is 0. The minimum Gasteiger partial charge on any atom is -1.00 e. The molecule has 0 atom stereocenters. The molecule has 0 aromatic rings. The molecule has 0 bridgehead atoms. The van der Waals surface area contributed by atoms with E-state index in [-0.39, 0.29) is 17.0 Å². The summed E-state index contributed by atoms with van der Waals surface area (Å²) in [6.07, 6.45) is 4.11. The van der Waals surface area contributed by atoms with E-state index >= 15 is 0 Å². The summed E-state index contributed by atoms with van der Waals surface area (Å²) in [6, 6.07) is 0. The number of nitrogens with zero attached hydrogens (tertiary/aromatic N) is 1. The summed E-state index contributed by atoms with van der Waals surface area (Å²) in [5.74, 6) is 0. The highest BCUT2D eigenvalue weighted by Gasteiger charge is 2.13. The van der Waals surface area contributed by atoms with Crippen molar-refractivity contribution in [2.45, 2.75) is 0 Å². The molecule has 0 saturated carbocycles. The van der Waals surface area contributed by atoms with E-state index in [1.54, 1.807) is 0 Å². The highest BCUT2D eigenvalue weighted by atomic mass is 79.9. The molecule has 1 aliphatic heterocycles. The van der Waals surface area contributed by atoms with Gasteiger partial charge in [-0.1, -0.05) is 0 Å². The fourth-order valence-corrected chi connectivity index (χ4v) is 0.623. The monoisotopic (exact) mass is 178 g/mol. The van der Waals surface area contributed by atoms with Gasteiger partial charge in [0, 0.05) is 0 Å². The van der Waals surface area contributed by atoms with Gasteiger partial charge in [-0.25, -0.2) is 10.0 Å². The first-order chi connectivity index (χ1) is 3.21. The Hall–Kier alpha value is -0.0200. The average Bonchev–Trinajstić information content (AvgIpc) is 1.84. The quantitative estimate of drug-likeness (QED) is 0.393. The van der Waals surface area contributed by atoms with Gasteiger partial charge in [-0.3, -0.25) is 0 Å². The van der Waals surface area contributed by atoms with Crippen molar-refractivity contribution in [3.63, 3.8) is 0 Å². The molecule has 0 unspecified atom stereocenters. The van der Waals surface area contributed by atoms with Crippen molar-refractivity contribution in [3.8, 4) is 0 Å². The minimum absolute atomic E-state index is 0. The fraction of sp³-hybridized carbons (Fsp3) is 0.600. The van der Waals surface area contributed by atoms with E-state index in [2.05, 4.69) is 25.6 Å². The Morgan fingerprint density at radius 3 is 2.25 bits per heavy atom. The maximum absolute atomic E-state index is 3.15. The molecule has 0 aromatic carbocycles. The van der Waals surface area contributed by atoms with Crippen molar-refractivity contribution in [2.24, 2.45) is 0 Å². The highest BCUT2D eigenvalue weighted by Crippen LogP contribution is 1.96. The van der Waals surface area contributed by atoms with Crippen LogP contribution in [-0.4, -0.2) is 25.2 Å². The number of quaternary nitrogens is 1. The van der Waals surface area contributed by atoms with Gasteiger partial charge in [0.25, 0.3) is 0 Å². The van der Waals surface area contributed by atoms with Crippen molar-refractivity contribution in [1.82, 2.24) is 5.43 Å². The molecule has 0 aromatic heterocycles. The van der Waals surface area contributed by atoms with Crippen LogP contribution >= 0.6 is 0 Å². The van der Waals surface area contributed by atoms with E-state index in [9.17, 15) is 0 Å². The molecule has 0 amide bonds. The highest BCUT2D eigenvalue weighted by molar-refractivity contribution is 4.80. The van der Waals surface area contributed by atoms with Crippen molar-refractivity contribution in [2.75, 3.05) is 20.6 Å². The van der Waals surface area contributed by atoms with E-state index in [4.69, 9.17) is 0 Å². The van der Waals surface area contributed by atoms with Crippen LogP contribution in [0.5, 0.6) is 0 Å². The second-order valence-corrected chi connectivity index (χ2v) is 2.40. The standard InChI is InChI=1S/C5H11N2.BrH/c1-7(2)5-3-4-6-7;/h3-4,6H,5H2,1-2H3;1H/q+1;/p-1. The van der Waals surface area contributed by atoms with Gasteiger partial charge in [-0.05, 0) is 6.08 Å². The van der Waals surface area contributed by atoms with Gasteiger partial charge in [0.2, 0.25) is 0 Å². The summed E-state index contributed by atoms with van der Waals surface area (Å²) in [7, 11) is 4.25. The molecule has 1 aliphatic rings. The van der Waals surface area contributed by atoms with Gasteiger partial charge in [0.15, 0.2) is 0 Å². The molecular weight excluding hydrogens is 168 g/mol. The summed E-state index contributed by atoms with van der Waals surface area (Å²) in [4.78, 5) is 0. The molecule has 48 valence electrons. The molecule has 8 heavy (non-hydrogen) atoms. The van der Waals surface area contributed by atoms with Crippen LogP contribution in [0.1, 0.15) is 0 Å². The summed E-state index contributed by atoms with van der Waals surface area (Å²) >= 11 is 0. The van der Waals surface area contributed by atoms with Crippen molar-refractivity contribution in [1.29, 1.82) is 0 Å². The molecule has 0 saturated heterocycles. The van der Waals surface area contributed by atoms with Crippen molar-refractivity contribution < 1.29 is 21.6 Å². The lowest BCUT2D eigenvalue weighted by atomic mass is 10.6. The summed E-state index contributed by atoms with van der Waals surface area (Å²) in [6.45, 7) is 1.10. The van der Waals surface area contributed by atoms with Crippen LogP contribution in [0.3, 0.4) is 0 Å². The molecule has 0 aliphatic carbocycles. The smallest absolute Gasteiger partial charge is 0.121 e. The van der Waals surface area contributed by atoms with Crippen LogP contribution in [-0.2, 0) is 0 Å². The van der Waals surface area contributed by atoms with Gasteiger partial charge in [0.05, 0.1) is 20.3 Å². The number of rotatable bonds is 0. The van der Waals surface area contributed by atoms with Crippen LogP contribution in [0, 0.1) is 0 Å². The Morgan fingerprint density at radius 2 is 2.12 bits per heavy atom. The van der Waals surface area contributed by atoms with Crippen LogP contribution in [0.2, 0.25) is 0 Å². The predicted molar refractivity (Wildman–Crippen MR) is 29.3 cm³/mol. The Morgan fingerprint density at radius 1 is 1.50 bits per heavy atom. The van der Waals surface area contributed by atoms with E-state index in [0.29, 0.717) is 0 Å². The number of nitrogens with one attached hydrogen (secondary N) is 1. The first-order valence-corrected chi connectivity index (χ1v) is 2.46. The van der Waals surface area contributed by atoms with E-state index in [0.717, 1.165) is 11.1 Å². The Labute approximate surface area is 60.5 Å². The molecule has 1 N–H and O–H groups in total. The topological polar surface area (TPSA) is 12.0 Å². The van der Waals surface area contributed by atoms with Crippen LogP contribution in [0.15, 0.2) is 12.3 Å². The largest absolute Gasteiger partial charge is 1.00 e. The van der Waals surface area contributed by atoms with Gasteiger partial charge < -0.3 is 17.0 Å². The fourth-order valence-electron chi connectivity index (χ4n) is 0.623. The average molecular weight is 179 g/mol. The third kappa shape index (κ3) is 1.84. The molecule has 1 rings (SSSR count). The number of hydrogen-bond donors (Lipinski definition) is 1. The van der Waals surface area contributed by atoms with Crippen molar-refractivity contribution >= 4 is 0 Å². The lowest BCUT2D eigenvalue weighted by Crippen LogP contribution is -3.00. The zero-order valence-electron chi connectivity index (χ0n) is 5.19. The molecule has 0 spiro atoms. The number of likely N-dealkylation sites (N-methyl/N-ethyl adjacent to an activating group) is 1. The van der Waals surface area contributed by atoms with Gasteiger partial charge >= 0.3 is 0 Å². The maximum atomic E-state index is 3.15. The summed E-state index contributed by atoms with van der Waals surface area (Å²) in [5.41, 5.74) is 3.15. The van der Waals surface area contributed by atoms with E-state index in [1.165, 1.54) is 0 Å². The summed E-state index contributed by atoms with van der Waals surface area (Å²) < 4.78 is 0.889. The van der Waals surface area contributed by atoms with E-state index < -0.39 is 0 Å². The zero-order valence-corrected chi connectivity index (χ0v) is 6.77. The van der Waals surface area contributed by atoms with Crippen molar-refractivity contribution in [3.05, 3.63) is 12.3 Å². The molecular formula is C5H11BrN2. The molecule has 1 heterocycles. The Bertz CT molecular complexity index is 88.6. The molecule has 3 heteroatoms. The van der Waals surface area contributed by atoms with E-state index in [1.807, 2.05) is 6.20 Å². The van der Waals surface area contributed by atoms with Gasteiger partial charge in [0.1, 0.15) is 6.54 Å². The molecule has 0 radical (unpaired) electrons. The lowest BCUT2D eigenvalue weighted by molar-refractivity contribution is -0.917. The van der Waals surface area contributed by atoms with Crippen LogP contribution in [0.4, 0.5) is 0 Å². The maximum Gasteiger partial charge on any atom is 0.121 e. The lowest BCUT2D eigenvalue weighted by Gasteiger charge is -2.21. The SMILES string of the molecule is C[N+]1(C)CC=CN1.[Br-]. The normalized spacial score (nSPS) is 21.8. The number of hydrogen-bond acceptors (Lipinski definition) is 1. The number of halogens is 1. The molecule has 2 nitrogen and oxygen atoms in total. The molecule has 0 fully saturated rings. The second-order valence-electron chi connectivity index (χ2n) is 2.40. The summed E-state index contributed by atoms with van der Waals surface area (Å²) in [5, 5.41) is 0. The Balaban J connectivity index is 0.000000490. The van der Waals surface area contributed by atoms with Crippen LogP contribution in [0.25, 0.3) is 0 Å². The van der Waals surface area contributed by atoms with Gasteiger partial charge in [-0.2, -0.15) is 0 Å². The predicted octanol–water partition coefficient (Wildman–Crippen LogP) is -2.90.